The van der Waals surface area contributed by atoms with Crippen molar-refractivity contribution in [1.82, 2.24) is 15.6 Å². The number of aryl methyl sites for hydroxylation is 2. The summed E-state index contributed by atoms with van der Waals surface area (Å²) in [6.45, 7) is 8.10. The smallest absolute Gasteiger partial charge is 0.191 e. The Labute approximate surface area is 154 Å². The molecular weight excluding hydrogens is 411 g/mol. The van der Waals surface area contributed by atoms with Gasteiger partial charge in [0.15, 0.2) is 5.96 Å². The summed E-state index contributed by atoms with van der Waals surface area (Å²) in [5, 5.41) is 18.0. The molecule has 1 saturated carbocycles. The van der Waals surface area contributed by atoms with Crippen LogP contribution >= 0.6 is 35.3 Å². The molecule has 3 N–H and O–H groups in total. The van der Waals surface area contributed by atoms with Gasteiger partial charge in [0.2, 0.25) is 0 Å². The molecule has 126 valence electrons. The van der Waals surface area contributed by atoms with E-state index in [9.17, 15) is 5.11 Å². The summed E-state index contributed by atoms with van der Waals surface area (Å²) >= 11 is 1.69. The van der Waals surface area contributed by atoms with Gasteiger partial charge in [0.05, 0.1) is 22.8 Å². The number of halogens is 1. The summed E-state index contributed by atoms with van der Waals surface area (Å²) in [6.07, 6.45) is 4.00. The van der Waals surface area contributed by atoms with Crippen molar-refractivity contribution < 1.29 is 5.11 Å². The van der Waals surface area contributed by atoms with E-state index in [4.69, 9.17) is 0 Å². The van der Waals surface area contributed by atoms with Gasteiger partial charge in [0, 0.05) is 18.0 Å². The van der Waals surface area contributed by atoms with E-state index in [0.717, 1.165) is 48.9 Å². The van der Waals surface area contributed by atoms with Gasteiger partial charge in [0.1, 0.15) is 0 Å². The molecule has 7 heteroatoms. The van der Waals surface area contributed by atoms with Gasteiger partial charge >= 0.3 is 0 Å². The van der Waals surface area contributed by atoms with Gasteiger partial charge in [-0.3, -0.25) is 0 Å². The van der Waals surface area contributed by atoms with Crippen molar-refractivity contribution in [2.75, 3.05) is 13.1 Å². The molecule has 1 aromatic heterocycles. The number of rotatable bonds is 5. The first-order valence-electron chi connectivity index (χ1n) is 7.70. The first kappa shape index (κ1) is 19.6. The van der Waals surface area contributed by atoms with E-state index in [2.05, 4.69) is 20.6 Å². The topological polar surface area (TPSA) is 69.5 Å². The van der Waals surface area contributed by atoms with Crippen molar-refractivity contribution in [3.05, 3.63) is 15.6 Å². The number of aliphatic imine (C=N–C) groups is 1. The van der Waals surface area contributed by atoms with E-state index >= 15 is 0 Å². The summed E-state index contributed by atoms with van der Waals surface area (Å²) in [5.41, 5.74) is 0.499. The monoisotopic (exact) mass is 438 g/mol. The van der Waals surface area contributed by atoms with Crippen LogP contribution in [0.4, 0.5) is 0 Å². The van der Waals surface area contributed by atoms with Gasteiger partial charge in [0.25, 0.3) is 0 Å². The molecule has 5 nitrogen and oxygen atoms in total. The molecule has 0 spiro atoms. The number of hydrogen-bond donors (Lipinski definition) is 3. The largest absolute Gasteiger partial charge is 0.388 e. The van der Waals surface area contributed by atoms with Crippen molar-refractivity contribution in [2.24, 2.45) is 4.99 Å². The number of guanidine groups is 1. The van der Waals surface area contributed by atoms with Crippen LogP contribution in [0.25, 0.3) is 0 Å². The molecule has 1 fully saturated rings. The molecule has 0 amide bonds. The third kappa shape index (κ3) is 5.66. The minimum atomic E-state index is -0.562. The highest BCUT2D eigenvalue weighted by Crippen LogP contribution is 2.28. The van der Waals surface area contributed by atoms with Crippen LogP contribution in [0.2, 0.25) is 0 Å². The fraction of sp³-hybridized carbons (Fsp3) is 0.733. The third-order valence-electron chi connectivity index (χ3n) is 3.84. The van der Waals surface area contributed by atoms with Gasteiger partial charge < -0.3 is 15.7 Å². The zero-order chi connectivity index (χ0) is 15.3. The lowest BCUT2D eigenvalue weighted by molar-refractivity contribution is 0.0522. The van der Waals surface area contributed by atoms with E-state index < -0.39 is 5.60 Å². The second-order valence-electron chi connectivity index (χ2n) is 5.72. The van der Waals surface area contributed by atoms with Crippen LogP contribution in [-0.2, 0) is 6.54 Å². The SMILES string of the molecule is CCNC(=NCc1sc(C)nc1C)NCC1(O)CCCC1.I. The first-order valence-corrected chi connectivity index (χ1v) is 8.51. The average Bonchev–Trinajstić information content (AvgIpc) is 3.00. The van der Waals surface area contributed by atoms with E-state index in [1.54, 1.807) is 11.3 Å². The van der Waals surface area contributed by atoms with Gasteiger partial charge in [-0.1, -0.05) is 12.8 Å². The Hall–Kier alpha value is -0.410. The molecule has 2 rings (SSSR count). The molecule has 0 bridgehead atoms. The van der Waals surface area contributed by atoms with Crippen molar-refractivity contribution in [3.63, 3.8) is 0 Å². The summed E-state index contributed by atoms with van der Waals surface area (Å²) in [6, 6.07) is 0. The predicted octanol–water partition coefficient (Wildman–Crippen LogP) is 2.74. The molecule has 0 saturated heterocycles. The Balaban J connectivity index is 0.00000242. The number of aliphatic hydroxyl groups is 1. The van der Waals surface area contributed by atoms with Gasteiger partial charge in [-0.2, -0.15) is 0 Å². The maximum atomic E-state index is 10.4. The molecule has 0 radical (unpaired) electrons. The van der Waals surface area contributed by atoms with Gasteiger partial charge in [-0.05, 0) is 33.6 Å². The quantitative estimate of drug-likeness (QED) is 0.376. The minimum absolute atomic E-state index is 0. The Morgan fingerprint density at radius 1 is 1.32 bits per heavy atom. The molecule has 1 aliphatic rings. The summed E-state index contributed by atoms with van der Waals surface area (Å²) in [4.78, 5) is 10.2. The highest BCUT2D eigenvalue weighted by molar-refractivity contribution is 14.0. The third-order valence-corrected chi connectivity index (χ3v) is 4.90. The van der Waals surface area contributed by atoms with Crippen LogP contribution in [0, 0.1) is 13.8 Å². The number of nitrogens with one attached hydrogen (secondary N) is 2. The summed E-state index contributed by atoms with van der Waals surface area (Å²) in [7, 11) is 0. The van der Waals surface area contributed by atoms with Crippen molar-refractivity contribution in [3.8, 4) is 0 Å². The normalized spacial score (nSPS) is 17.2. The lowest BCUT2D eigenvalue weighted by atomic mass is 10.0. The second kappa shape index (κ2) is 9.02. The number of hydrogen-bond acceptors (Lipinski definition) is 4. The van der Waals surface area contributed by atoms with E-state index in [-0.39, 0.29) is 24.0 Å². The summed E-state index contributed by atoms with van der Waals surface area (Å²) in [5.74, 6) is 0.767. The van der Waals surface area contributed by atoms with E-state index in [0.29, 0.717) is 13.1 Å². The van der Waals surface area contributed by atoms with Crippen LogP contribution in [0.5, 0.6) is 0 Å². The maximum Gasteiger partial charge on any atom is 0.191 e. The van der Waals surface area contributed by atoms with Crippen LogP contribution in [0.3, 0.4) is 0 Å². The molecule has 22 heavy (non-hydrogen) atoms. The van der Waals surface area contributed by atoms with Crippen LogP contribution in [-0.4, -0.2) is 34.7 Å². The van der Waals surface area contributed by atoms with Crippen LogP contribution in [0.15, 0.2) is 4.99 Å². The zero-order valence-electron chi connectivity index (χ0n) is 13.6. The van der Waals surface area contributed by atoms with Crippen molar-refractivity contribution in [2.45, 2.75) is 58.6 Å². The van der Waals surface area contributed by atoms with Crippen LogP contribution in [0.1, 0.15) is 48.2 Å². The average molecular weight is 438 g/mol. The highest BCUT2D eigenvalue weighted by atomic mass is 127. The molecule has 0 unspecified atom stereocenters. The molecule has 1 aliphatic carbocycles. The lowest BCUT2D eigenvalue weighted by Crippen LogP contribution is -2.46. The van der Waals surface area contributed by atoms with Gasteiger partial charge in [-0.25, -0.2) is 9.98 Å². The van der Waals surface area contributed by atoms with Crippen molar-refractivity contribution in [1.29, 1.82) is 0 Å². The Morgan fingerprint density at radius 3 is 2.55 bits per heavy atom. The predicted molar refractivity (Wildman–Crippen MR) is 103 cm³/mol. The lowest BCUT2D eigenvalue weighted by Gasteiger charge is -2.23. The number of aromatic nitrogens is 1. The number of thiazole rings is 1. The van der Waals surface area contributed by atoms with Gasteiger partial charge in [-0.15, -0.1) is 35.3 Å². The fourth-order valence-electron chi connectivity index (χ4n) is 2.67. The van der Waals surface area contributed by atoms with Crippen molar-refractivity contribution >= 4 is 41.3 Å². The maximum absolute atomic E-state index is 10.4. The fourth-order valence-corrected chi connectivity index (χ4v) is 3.53. The standard InChI is InChI=1S/C15H26N4OS.HI/c1-4-16-14(18-10-15(20)7-5-6-8-15)17-9-13-11(2)19-12(3)21-13;/h20H,4-10H2,1-3H3,(H2,16,17,18);1H. The zero-order valence-corrected chi connectivity index (χ0v) is 16.8. The Morgan fingerprint density at radius 2 is 2.00 bits per heavy atom. The number of nitrogens with zero attached hydrogens (tertiary/aromatic N) is 2. The minimum Gasteiger partial charge on any atom is -0.388 e. The van der Waals surface area contributed by atoms with E-state index in [1.165, 1.54) is 4.88 Å². The molecule has 1 aromatic rings. The van der Waals surface area contributed by atoms with Crippen LogP contribution < -0.4 is 10.6 Å². The van der Waals surface area contributed by atoms with E-state index in [1.807, 2.05) is 20.8 Å². The molecule has 0 aliphatic heterocycles. The molecule has 1 heterocycles. The Bertz CT molecular complexity index is 498. The summed E-state index contributed by atoms with van der Waals surface area (Å²) < 4.78 is 0. The highest BCUT2D eigenvalue weighted by Gasteiger charge is 2.30. The Kier molecular flexibility index (Phi) is 8.06. The molecule has 0 aromatic carbocycles. The first-order chi connectivity index (χ1) is 10.0. The molecule has 0 atom stereocenters. The second-order valence-corrected chi connectivity index (χ2v) is 7.01. The molecular formula is C15H27IN4OS.